The molecule has 0 saturated heterocycles. The molecule has 3 aromatic rings. The molecule has 1 heterocycles. The molecular formula is C17H17N3O. The number of amides is 1. The predicted octanol–water partition coefficient (Wildman–Crippen LogP) is 2.75. The molecule has 4 nitrogen and oxygen atoms in total. The fraction of sp³-hybridized carbons (Fsp3) is 0.176. The van der Waals surface area contributed by atoms with Gasteiger partial charge in [0.1, 0.15) is 5.82 Å². The lowest BCUT2D eigenvalue weighted by Crippen LogP contribution is -2.17. The van der Waals surface area contributed by atoms with Crippen LogP contribution in [0.3, 0.4) is 0 Å². The SMILES string of the molecule is CNC(=O)c1ccc2c(c1)nc(C)n2Cc1ccccc1. The van der Waals surface area contributed by atoms with Crippen LogP contribution in [0.1, 0.15) is 21.7 Å². The van der Waals surface area contributed by atoms with Crippen molar-refractivity contribution in [2.24, 2.45) is 0 Å². The summed E-state index contributed by atoms with van der Waals surface area (Å²) in [5, 5.41) is 2.63. The number of nitrogens with zero attached hydrogens (tertiary/aromatic N) is 2. The van der Waals surface area contributed by atoms with Crippen LogP contribution in [0.25, 0.3) is 11.0 Å². The Morgan fingerprint density at radius 2 is 1.95 bits per heavy atom. The smallest absolute Gasteiger partial charge is 0.251 e. The predicted molar refractivity (Wildman–Crippen MR) is 83.4 cm³/mol. The van der Waals surface area contributed by atoms with Crippen molar-refractivity contribution in [1.82, 2.24) is 14.9 Å². The van der Waals surface area contributed by atoms with Crippen LogP contribution >= 0.6 is 0 Å². The number of benzene rings is 2. The van der Waals surface area contributed by atoms with E-state index < -0.39 is 0 Å². The van der Waals surface area contributed by atoms with E-state index in [2.05, 4.69) is 27.0 Å². The molecule has 0 saturated carbocycles. The van der Waals surface area contributed by atoms with Crippen LogP contribution in [0.5, 0.6) is 0 Å². The van der Waals surface area contributed by atoms with Gasteiger partial charge in [-0.3, -0.25) is 4.79 Å². The Morgan fingerprint density at radius 1 is 1.19 bits per heavy atom. The van der Waals surface area contributed by atoms with Gasteiger partial charge in [-0.25, -0.2) is 4.98 Å². The van der Waals surface area contributed by atoms with Gasteiger partial charge in [-0.05, 0) is 30.7 Å². The molecule has 0 aliphatic rings. The maximum absolute atomic E-state index is 11.7. The summed E-state index contributed by atoms with van der Waals surface area (Å²) in [6, 6.07) is 15.9. The first-order chi connectivity index (χ1) is 10.2. The summed E-state index contributed by atoms with van der Waals surface area (Å²) in [5.74, 6) is 0.857. The monoisotopic (exact) mass is 279 g/mol. The van der Waals surface area contributed by atoms with Crippen LogP contribution in [0.2, 0.25) is 0 Å². The maximum atomic E-state index is 11.7. The third kappa shape index (κ3) is 2.52. The van der Waals surface area contributed by atoms with E-state index in [1.54, 1.807) is 7.05 Å². The highest BCUT2D eigenvalue weighted by molar-refractivity contribution is 5.97. The van der Waals surface area contributed by atoms with Crippen LogP contribution in [0.4, 0.5) is 0 Å². The molecule has 0 bridgehead atoms. The lowest BCUT2D eigenvalue weighted by molar-refractivity contribution is 0.0963. The van der Waals surface area contributed by atoms with Crippen molar-refractivity contribution in [1.29, 1.82) is 0 Å². The highest BCUT2D eigenvalue weighted by atomic mass is 16.1. The zero-order chi connectivity index (χ0) is 14.8. The Bertz CT molecular complexity index is 790. The molecule has 0 radical (unpaired) electrons. The number of rotatable bonds is 3. The zero-order valence-corrected chi connectivity index (χ0v) is 12.1. The Kier molecular flexibility index (Phi) is 3.44. The van der Waals surface area contributed by atoms with E-state index in [9.17, 15) is 4.79 Å². The van der Waals surface area contributed by atoms with Crippen LogP contribution in [0.15, 0.2) is 48.5 Å². The highest BCUT2D eigenvalue weighted by Gasteiger charge is 2.11. The van der Waals surface area contributed by atoms with Gasteiger partial charge in [0.15, 0.2) is 0 Å². The normalized spacial score (nSPS) is 10.8. The van der Waals surface area contributed by atoms with Gasteiger partial charge in [0, 0.05) is 19.2 Å². The van der Waals surface area contributed by atoms with Gasteiger partial charge < -0.3 is 9.88 Å². The van der Waals surface area contributed by atoms with Gasteiger partial charge in [0.25, 0.3) is 5.91 Å². The number of nitrogens with one attached hydrogen (secondary N) is 1. The summed E-state index contributed by atoms with van der Waals surface area (Å²) in [5.41, 5.74) is 3.76. The van der Waals surface area contributed by atoms with Gasteiger partial charge in [-0.15, -0.1) is 0 Å². The largest absolute Gasteiger partial charge is 0.355 e. The van der Waals surface area contributed by atoms with Gasteiger partial charge >= 0.3 is 0 Å². The van der Waals surface area contributed by atoms with Crippen LogP contribution in [0, 0.1) is 6.92 Å². The first-order valence-corrected chi connectivity index (χ1v) is 6.92. The molecule has 106 valence electrons. The van der Waals surface area contributed by atoms with E-state index in [1.165, 1.54) is 5.56 Å². The summed E-state index contributed by atoms with van der Waals surface area (Å²) in [4.78, 5) is 16.3. The number of aryl methyl sites for hydroxylation is 1. The van der Waals surface area contributed by atoms with Crippen molar-refractivity contribution in [3.63, 3.8) is 0 Å². The minimum atomic E-state index is -0.0906. The van der Waals surface area contributed by atoms with Gasteiger partial charge in [-0.2, -0.15) is 0 Å². The Morgan fingerprint density at radius 3 is 2.67 bits per heavy atom. The Balaban J connectivity index is 2.04. The van der Waals surface area contributed by atoms with E-state index in [4.69, 9.17) is 0 Å². The number of aromatic nitrogens is 2. The summed E-state index contributed by atoms with van der Waals surface area (Å²) >= 11 is 0. The van der Waals surface area contributed by atoms with Crippen LogP contribution in [-0.4, -0.2) is 22.5 Å². The standard InChI is InChI=1S/C17H17N3O/c1-12-19-15-10-14(17(21)18-2)8-9-16(15)20(12)11-13-6-4-3-5-7-13/h3-10H,11H2,1-2H3,(H,18,21). The molecule has 0 fully saturated rings. The second-order valence-electron chi connectivity index (χ2n) is 5.01. The van der Waals surface area contributed by atoms with E-state index in [1.807, 2.05) is 43.3 Å². The highest BCUT2D eigenvalue weighted by Crippen LogP contribution is 2.19. The number of imidazole rings is 1. The lowest BCUT2D eigenvalue weighted by Gasteiger charge is -2.07. The Hall–Kier alpha value is -2.62. The summed E-state index contributed by atoms with van der Waals surface area (Å²) in [7, 11) is 1.63. The van der Waals surface area contributed by atoms with Crippen molar-refractivity contribution < 1.29 is 4.79 Å². The first-order valence-electron chi connectivity index (χ1n) is 6.92. The molecule has 21 heavy (non-hydrogen) atoms. The minimum absolute atomic E-state index is 0.0906. The molecular weight excluding hydrogens is 262 g/mol. The molecule has 1 N–H and O–H groups in total. The molecule has 3 rings (SSSR count). The van der Waals surface area contributed by atoms with Crippen molar-refractivity contribution in [3.05, 3.63) is 65.5 Å². The molecule has 2 aromatic carbocycles. The molecule has 0 spiro atoms. The number of fused-ring (bicyclic) bond motifs is 1. The molecule has 0 aliphatic carbocycles. The topological polar surface area (TPSA) is 46.9 Å². The Labute approximate surface area is 123 Å². The minimum Gasteiger partial charge on any atom is -0.355 e. The summed E-state index contributed by atoms with van der Waals surface area (Å²) < 4.78 is 2.16. The average Bonchev–Trinajstić information content (AvgIpc) is 2.82. The molecule has 4 heteroatoms. The van der Waals surface area contributed by atoms with Crippen molar-refractivity contribution in [2.45, 2.75) is 13.5 Å². The molecule has 0 atom stereocenters. The summed E-state index contributed by atoms with van der Waals surface area (Å²) in [6.07, 6.45) is 0. The molecule has 0 aliphatic heterocycles. The number of hydrogen-bond acceptors (Lipinski definition) is 2. The molecule has 1 aromatic heterocycles. The number of carbonyl (C=O) groups is 1. The second kappa shape index (κ2) is 5.40. The molecule has 0 unspecified atom stereocenters. The second-order valence-corrected chi connectivity index (χ2v) is 5.01. The van der Waals surface area contributed by atoms with Crippen molar-refractivity contribution >= 4 is 16.9 Å². The maximum Gasteiger partial charge on any atom is 0.251 e. The first kappa shape index (κ1) is 13.4. The van der Waals surface area contributed by atoms with Gasteiger partial charge in [0.05, 0.1) is 11.0 Å². The fourth-order valence-electron chi connectivity index (χ4n) is 2.50. The molecule has 1 amide bonds. The number of hydrogen-bond donors (Lipinski definition) is 1. The van der Waals surface area contributed by atoms with E-state index in [0.29, 0.717) is 5.56 Å². The van der Waals surface area contributed by atoms with E-state index in [-0.39, 0.29) is 5.91 Å². The summed E-state index contributed by atoms with van der Waals surface area (Å²) in [6.45, 7) is 2.77. The van der Waals surface area contributed by atoms with Gasteiger partial charge in [0.2, 0.25) is 0 Å². The van der Waals surface area contributed by atoms with Crippen LogP contribution in [-0.2, 0) is 6.54 Å². The third-order valence-electron chi connectivity index (χ3n) is 3.61. The van der Waals surface area contributed by atoms with E-state index in [0.717, 1.165) is 23.4 Å². The van der Waals surface area contributed by atoms with E-state index >= 15 is 0 Å². The van der Waals surface area contributed by atoms with Crippen molar-refractivity contribution in [2.75, 3.05) is 7.05 Å². The fourth-order valence-corrected chi connectivity index (χ4v) is 2.50. The lowest BCUT2D eigenvalue weighted by atomic mass is 10.2. The van der Waals surface area contributed by atoms with Gasteiger partial charge in [-0.1, -0.05) is 30.3 Å². The van der Waals surface area contributed by atoms with Crippen LogP contribution < -0.4 is 5.32 Å². The average molecular weight is 279 g/mol. The van der Waals surface area contributed by atoms with Crippen molar-refractivity contribution in [3.8, 4) is 0 Å². The zero-order valence-electron chi connectivity index (χ0n) is 12.1. The number of carbonyl (C=O) groups excluding carboxylic acids is 1. The quantitative estimate of drug-likeness (QED) is 0.801. The third-order valence-corrected chi connectivity index (χ3v) is 3.61.